The van der Waals surface area contributed by atoms with Crippen LogP contribution in [0.5, 0.6) is 0 Å². The third kappa shape index (κ3) is 3.40. The van der Waals surface area contributed by atoms with E-state index in [1.54, 1.807) is 32.0 Å². The third-order valence-electron chi connectivity index (χ3n) is 4.45. The smallest absolute Gasteiger partial charge is 0.208 e. The lowest BCUT2D eigenvalue weighted by Crippen LogP contribution is -2.23. The molecule has 0 aromatic heterocycles. The van der Waals surface area contributed by atoms with Gasteiger partial charge in [0.15, 0.2) is 0 Å². The van der Waals surface area contributed by atoms with Crippen molar-refractivity contribution >= 4 is 70.6 Å². The van der Waals surface area contributed by atoms with Crippen molar-refractivity contribution in [2.24, 2.45) is 0 Å². The summed E-state index contributed by atoms with van der Waals surface area (Å²) in [7, 11) is 0. The SMILES string of the molecule is C1CCCC2SC3=C(SC(=C4SC5=C(OCCO5)S4)S3)SC2CC1. The fraction of sp³-hybridized carbons (Fsp3) is 0.625. The summed E-state index contributed by atoms with van der Waals surface area (Å²) in [6, 6.07) is 0. The Morgan fingerprint density at radius 3 is 1.62 bits per heavy atom. The minimum absolute atomic E-state index is 0.680. The van der Waals surface area contributed by atoms with Gasteiger partial charge in [-0.3, -0.25) is 0 Å². The zero-order chi connectivity index (χ0) is 15.9. The van der Waals surface area contributed by atoms with Gasteiger partial charge in [-0.05, 0) is 36.4 Å². The van der Waals surface area contributed by atoms with Crippen molar-refractivity contribution in [1.29, 1.82) is 0 Å². The third-order valence-corrected chi connectivity index (χ3v) is 13.7. The first kappa shape index (κ1) is 17.0. The largest absolute Gasteiger partial charge is 0.480 e. The first-order chi connectivity index (χ1) is 11.9. The van der Waals surface area contributed by atoms with Crippen molar-refractivity contribution in [2.75, 3.05) is 13.2 Å². The number of ether oxygens (including phenoxy) is 2. The Morgan fingerprint density at radius 1 is 0.583 bits per heavy atom. The van der Waals surface area contributed by atoms with Crippen molar-refractivity contribution < 1.29 is 9.47 Å². The van der Waals surface area contributed by atoms with Gasteiger partial charge in [0.05, 0.1) is 16.9 Å². The van der Waals surface area contributed by atoms with Crippen LogP contribution >= 0.6 is 70.6 Å². The minimum Gasteiger partial charge on any atom is -0.480 e. The Hall–Kier alpha value is 0.920. The van der Waals surface area contributed by atoms with Crippen molar-refractivity contribution in [3.8, 4) is 0 Å². The summed E-state index contributed by atoms with van der Waals surface area (Å²) in [6.45, 7) is 1.36. The van der Waals surface area contributed by atoms with E-state index < -0.39 is 0 Å². The van der Waals surface area contributed by atoms with E-state index in [1.807, 2.05) is 23.5 Å². The highest BCUT2D eigenvalue weighted by Crippen LogP contribution is 2.67. The number of thioether (sulfide) groups is 6. The molecule has 0 aromatic carbocycles. The maximum atomic E-state index is 5.74. The average molecular weight is 435 g/mol. The van der Waals surface area contributed by atoms with Crippen molar-refractivity contribution in [2.45, 2.75) is 49.0 Å². The van der Waals surface area contributed by atoms with Gasteiger partial charge in [-0.1, -0.05) is 49.2 Å². The molecule has 0 aromatic rings. The summed E-state index contributed by atoms with van der Waals surface area (Å²) < 4.78 is 17.4. The second-order valence-corrected chi connectivity index (χ2v) is 13.7. The molecule has 0 saturated heterocycles. The van der Waals surface area contributed by atoms with E-state index in [1.165, 1.54) is 47.0 Å². The van der Waals surface area contributed by atoms with Gasteiger partial charge in [0.1, 0.15) is 13.2 Å². The van der Waals surface area contributed by atoms with E-state index >= 15 is 0 Å². The average Bonchev–Trinajstić information content (AvgIpc) is 3.17. The Bertz CT molecular complexity index is 590. The van der Waals surface area contributed by atoms with Crippen LogP contribution in [0.3, 0.4) is 0 Å². The molecule has 0 amide bonds. The Labute approximate surface area is 168 Å². The van der Waals surface area contributed by atoms with Gasteiger partial charge in [0, 0.05) is 10.5 Å². The quantitative estimate of drug-likeness (QED) is 0.403. The van der Waals surface area contributed by atoms with Gasteiger partial charge in [-0.2, -0.15) is 0 Å². The van der Waals surface area contributed by atoms with E-state index in [4.69, 9.17) is 9.47 Å². The Kier molecular flexibility index (Phi) is 5.33. The summed E-state index contributed by atoms with van der Waals surface area (Å²) in [6.07, 6.45) is 8.50. The van der Waals surface area contributed by atoms with Crippen LogP contribution in [0.4, 0.5) is 0 Å². The van der Waals surface area contributed by atoms with E-state index in [-0.39, 0.29) is 0 Å². The van der Waals surface area contributed by atoms with Gasteiger partial charge in [-0.25, -0.2) is 0 Å². The molecule has 0 spiro atoms. The normalized spacial score (nSPS) is 33.3. The van der Waals surface area contributed by atoms with Gasteiger partial charge in [0.2, 0.25) is 10.2 Å². The number of hydrogen-bond donors (Lipinski definition) is 0. The van der Waals surface area contributed by atoms with Crippen molar-refractivity contribution in [3.05, 3.63) is 27.1 Å². The summed E-state index contributed by atoms with van der Waals surface area (Å²) in [5, 5.41) is 3.60. The minimum atomic E-state index is 0.680. The molecule has 5 aliphatic rings. The Balaban J connectivity index is 1.31. The summed E-state index contributed by atoms with van der Waals surface area (Å²) >= 11 is 11.8. The summed E-state index contributed by atoms with van der Waals surface area (Å²) in [4.78, 5) is 0. The molecule has 0 bridgehead atoms. The highest BCUT2D eigenvalue weighted by molar-refractivity contribution is 8.43. The van der Waals surface area contributed by atoms with Crippen LogP contribution in [0.25, 0.3) is 0 Å². The van der Waals surface area contributed by atoms with Gasteiger partial charge in [0.25, 0.3) is 0 Å². The maximum absolute atomic E-state index is 5.74. The first-order valence-electron chi connectivity index (χ1n) is 8.40. The van der Waals surface area contributed by atoms with E-state index in [9.17, 15) is 0 Å². The predicted octanol–water partition coefficient (Wildman–Crippen LogP) is 6.94. The molecule has 2 atom stereocenters. The highest BCUT2D eigenvalue weighted by atomic mass is 32.3. The zero-order valence-corrected chi connectivity index (χ0v) is 18.0. The molecular weight excluding hydrogens is 417 g/mol. The second-order valence-electron chi connectivity index (χ2n) is 6.13. The van der Waals surface area contributed by atoms with Crippen molar-refractivity contribution in [3.63, 3.8) is 0 Å². The van der Waals surface area contributed by atoms with Crippen LogP contribution in [0, 0.1) is 0 Å². The molecule has 2 nitrogen and oxygen atoms in total. The predicted molar refractivity (Wildman–Crippen MR) is 114 cm³/mol. The molecule has 24 heavy (non-hydrogen) atoms. The molecule has 1 saturated carbocycles. The van der Waals surface area contributed by atoms with Gasteiger partial charge in [-0.15, -0.1) is 23.5 Å². The molecule has 4 heterocycles. The molecule has 0 N–H and O–H groups in total. The van der Waals surface area contributed by atoms with Crippen LogP contribution < -0.4 is 0 Å². The molecule has 1 fully saturated rings. The zero-order valence-electron chi connectivity index (χ0n) is 13.1. The molecule has 130 valence electrons. The topological polar surface area (TPSA) is 18.5 Å². The molecule has 1 aliphatic carbocycles. The van der Waals surface area contributed by atoms with Crippen LogP contribution in [-0.4, -0.2) is 23.7 Å². The number of rotatable bonds is 0. The summed E-state index contributed by atoms with van der Waals surface area (Å²) in [5.41, 5.74) is 0. The fourth-order valence-electron chi connectivity index (χ4n) is 3.26. The molecule has 2 unspecified atom stereocenters. The van der Waals surface area contributed by atoms with Crippen LogP contribution in [0.15, 0.2) is 27.1 Å². The molecule has 5 rings (SSSR count). The molecule has 8 heteroatoms. The lowest BCUT2D eigenvalue weighted by Gasteiger charge is -2.32. The monoisotopic (exact) mass is 434 g/mol. The van der Waals surface area contributed by atoms with E-state index in [2.05, 4.69) is 23.5 Å². The highest BCUT2D eigenvalue weighted by Gasteiger charge is 2.39. The molecule has 4 aliphatic heterocycles. The fourth-order valence-corrected chi connectivity index (χ4v) is 12.8. The molecular formula is C16H18O2S6. The van der Waals surface area contributed by atoms with Gasteiger partial charge < -0.3 is 9.47 Å². The van der Waals surface area contributed by atoms with Gasteiger partial charge >= 0.3 is 0 Å². The van der Waals surface area contributed by atoms with Crippen molar-refractivity contribution in [1.82, 2.24) is 0 Å². The standard InChI is InChI=1S/C16H18O2S6/c1-2-4-6-10-9(5-3-1)19-13-14(20-10)24-16(23-13)15-21-11-12(22-15)18-8-7-17-11/h9-10H,1-8H2. The van der Waals surface area contributed by atoms with Crippen LogP contribution in [-0.2, 0) is 9.47 Å². The second kappa shape index (κ2) is 7.50. The maximum Gasteiger partial charge on any atom is 0.208 e. The number of hydrogen-bond acceptors (Lipinski definition) is 8. The van der Waals surface area contributed by atoms with E-state index in [0.717, 1.165) is 20.7 Å². The van der Waals surface area contributed by atoms with Crippen LogP contribution in [0.2, 0.25) is 0 Å². The lowest BCUT2D eigenvalue weighted by molar-refractivity contribution is 0.0949. The number of fused-ring (bicyclic) bond motifs is 1. The lowest BCUT2D eigenvalue weighted by atomic mass is 10.00. The van der Waals surface area contributed by atoms with E-state index in [0.29, 0.717) is 13.2 Å². The van der Waals surface area contributed by atoms with Crippen LogP contribution in [0.1, 0.15) is 38.5 Å². The first-order valence-corrected chi connectivity index (χ1v) is 13.4. The Morgan fingerprint density at radius 2 is 1.08 bits per heavy atom. The molecule has 0 radical (unpaired) electrons. The summed E-state index contributed by atoms with van der Waals surface area (Å²) in [5.74, 6) is 0.